The molecule has 0 aliphatic heterocycles. The first-order valence-corrected chi connectivity index (χ1v) is 10.0. The SMILES string of the molecule is Cc1ccc(C(=O)CCC(=O)Nc2ccc(NS(C)(=O)=O)cc2)cc1C. The topological polar surface area (TPSA) is 92.3 Å². The van der Waals surface area contributed by atoms with Gasteiger partial charge in [0.15, 0.2) is 5.78 Å². The molecule has 1 amide bonds. The van der Waals surface area contributed by atoms with E-state index >= 15 is 0 Å². The second kappa shape index (κ2) is 8.14. The second-order valence-electron chi connectivity index (χ2n) is 6.22. The lowest BCUT2D eigenvalue weighted by atomic mass is 10.0. The largest absolute Gasteiger partial charge is 0.326 e. The number of aryl methyl sites for hydroxylation is 2. The van der Waals surface area contributed by atoms with Gasteiger partial charge in [0.1, 0.15) is 0 Å². The van der Waals surface area contributed by atoms with Crippen LogP contribution in [0.5, 0.6) is 0 Å². The number of carbonyl (C=O) groups is 2. The Morgan fingerprint density at radius 2 is 1.50 bits per heavy atom. The van der Waals surface area contributed by atoms with Gasteiger partial charge in [-0.05, 0) is 55.3 Å². The van der Waals surface area contributed by atoms with Gasteiger partial charge >= 0.3 is 0 Å². The number of hydrogen-bond acceptors (Lipinski definition) is 4. The molecular formula is C19H22N2O4S. The molecule has 0 radical (unpaired) electrons. The number of ketones is 1. The standard InChI is InChI=1S/C19H22N2O4S/c1-13-4-5-15(12-14(13)2)18(22)10-11-19(23)20-16-6-8-17(9-7-16)21-26(3,24)25/h4-9,12,21H,10-11H2,1-3H3,(H,20,23). The number of carbonyl (C=O) groups excluding carboxylic acids is 2. The summed E-state index contributed by atoms with van der Waals surface area (Å²) in [4.78, 5) is 24.2. The predicted octanol–water partition coefficient (Wildman–Crippen LogP) is 3.28. The summed E-state index contributed by atoms with van der Waals surface area (Å²) in [5, 5.41) is 2.69. The minimum absolute atomic E-state index is 0.0732. The first kappa shape index (κ1) is 19.7. The summed E-state index contributed by atoms with van der Waals surface area (Å²) in [6.07, 6.45) is 1.27. The summed E-state index contributed by atoms with van der Waals surface area (Å²) in [6.45, 7) is 3.93. The maximum absolute atomic E-state index is 12.2. The number of benzene rings is 2. The van der Waals surface area contributed by atoms with Gasteiger partial charge in [-0.25, -0.2) is 8.42 Å². The minimum atomic E-state index is -3.34. The zero-order valence-corrected chi connectivity index (χ0v) is 15.8. The number of rotatable bonds is 7. The van der Waals surface area contributed by atoms with E-state index in [-0.39, 0.29) is 24.5 Å². The van der Waals surface area contributed by atoms with Crippen molar-refractivity contribution in [3.8, 4) is 0 Å². The second-order valence-corrected chi connectivity index (χ2v) is 7.97. The van der Waals surface area contributed by atoms with Gasteiger partial charge in [0, 0.05) is 29.8 Å². The fourth-order valence-electron chi connectivity index (χ4n) is 2.35. The minimum Gasteiger partial charge on any atom is -0.326 e. The molecule has 0 bridgehead atoms. The van der Waals surface area contributed by atoms with Crippen molar-refractivity contribution >= 4 is 33.1 Å². The fraction of sp³-hybridized carbons (Fsp3) is 0.263. The Balaban J connectivity index is 1.88. The van der Waals surface area contributed by atoms with Crippen LogP contribution in [0.4, 0.5) is 11.4 Å². The maximum Gasteiger partial charge on any atom is 0.229 e. The maximum atomic E-state index is 12.2. The summed E-state index contributed by atoms with van der Waals surface area (Å²) in [5.74, 6) is -0.345. The smallest absolute Gasteiger partial charge is 0.229 e. The molecule has 0 aliphatic rings. The van der Waals surface area contributed by atoms with Gasteiger partial charge in [0.2, 0.25) is 15.9 Å². The van der Waals surface area contributed by atoms with Crippen LogP contribution >= 0.6 is 0 Å². The Labute approximate surface area is 153 Å². The fourth-order valence-corrected chi connectivity index (χ4v) is 2.91. The van der Waals surface area contributed by atoms with E-state index in [4.69, 9.17) is 0 Å². The van der Waals surface area contributed by atoms with Gasteiger partial charge in [0.25, 0.3) is 0 Å². The molecule has 138 valence electrons. The van der Waals surface area contributed by atoms with Gasteiger partial charge in [-0.3, -0.25) is 14.3 Å². The van der Waals surface area contributed by atoms with Crippen LogP contribution in [0, 0.1) is 13.8 Å². The molecule has 2 aromatic rings. The first-order chi connectivity index (χ1) is 12.1. The van der Waals surface area contributed by atoms with Gasteiger partial charge in [0.05, 0.1) is 6.26 Å². The number of hydrogen-bond donors (Lipinski definition) is 2. The highest BCUT2D eigenvalue weighted by molar-refractivity contribution is 7.92. The molecule has 0 unspecified atom stereocenters. The Morgan fingerprint density at radius 3 is 2.08 bits per heavy atom. The zero-order chi connectivity index (χ0) is 19.3. The molecule has 0 spiro atoms. The van der Waals surface area contributed by atoms with E-state index in [2.05, 4.69) is 10.0 Å². The highest BCUT2D eigenvalue weighted by Crippen LogP contribution is 2.16. The molecule has 7 heteroatoms. The van der Waals surface area contributed by atoms with Crippen LogP contribution < -0.4 is 10.0 Å². The molecule has 2 aromatic carbocycles. The lowest BCUT2D eigenvalue weighted by Gasteiger charge is -2.08. The van der Waals surface area contributed by atoms with Gasteiger partial charge in [-0.15, -0.1) is 0 Å². The first-order valence-electron chi connectivity index (χ1n) is 8.12. The van der Waals surface area contributed by atoms with Gasteiger partial charge in [-0.1, -0.05) is 12.1 Å². The third kappa shape index (κ3) is 6.00. The molecule has 0 atom stereocenters. The van der Waals surface area contributed by atoms with Crippen LogP contribution in [0.2, 0.25) is 0 Å². The molecule has 2 N–H and O–H groups in total. The van der Waals surface area contributed by atoms with E-state index in [0.29, 0.717) is 16.9 Å². The van der Waals surface area contributed by atoms with Crippen molar-refractivity contribution in [3.05, 3.63) is 59.2 Å². The molecule has 0 saturated heterocycles. The van der Waals surface area contributed by atoms with E-state index in [1.54, 1.807) is 30.3 Å². The van der Waals surface area contributed by atoms with Crippen LogP contribution in [-0.4, -0.2) is 26.4 Å². The number of nitrogens with one attached hydrogen (secondary N) is 2. The van der Waals surface area contributed by atoms with Crippen LogP contribution in [-0.2, 0) is 14.8 Å². The van der Waals surface area contributed by atoms with Crippen molar-refractivity contribution in [2.75, 3.05) is 16.3 Å². The molecule has 0 saturated carbocycles. The van der Waals surface area contributed by atoms with Crippen molar-refractivity contribution in [1.82, 2.24) is 0 Å². The molecule has 0 heterocycles. The van der Waals surface area contributed by atoms with Gasteiger partial charge in [-0.2, -0.15) is 0 Å². The monoisotopic (exact) mass is 374 g/mol. The third-order valence-electron chi connectivity index (χ3n) is 3.88. The summed E-state index contributed by atoms with van der Waals surface area (Å²) in [7, 11) is -3.34. The van der Waals surface area contributed by atoms with E-state index < -0.39 is 10.0 Å². The Morgan fingerprint density at radius 1 is 0.885 bits per heavy atom. The number of sulfonamides is 1. The van der Waals surface area contributed by atoms with Gasteiger partial charge < -0.3 is 5.32 Å². The molecular weight excluding hydrogens is 352 g/mol. The Hall–Kier alpha value is -2.67. The van der Waals surface area contributed by atoms with Crippen LogP contribution in [0.25, 0.3) is 0 Å². The number of Topliss-reactive ketones (excluding diaryl/α,β-unsaturated/α-hetero) is 1. The quantitative estimate of drug-likeness (QED) is 0.728. The molecule has 26 heavy (non-hydrogen) atoms. The molecule has 2 rings (SSSR count). The Bertz CT molecular complexity index is 919. The van der Waals surface area contributed by atoms with Crippen molar-refractivity contribution < 1.29 is 18.0 Å². The molecule has 0 aromatic heterocycles. The normalized spacial score (nSPS) is 11.0. The summed E-state index contributed by atoms with van der Waals surface area (Å²) >= 11 is 0. The summed E-state index contributed by atoms with van der Waals surface area (Å²) < 4.78 is 24.7. The number of amides is 1. The zero-order valence-electron chi connectivity index (χ0n) is 15.0. The third-order valence-corrected chi connectivity index (χ3v) is 4.49. The molecule has 6 nitrogen and oxygen atoms in total. The van der Waals surface area contributed by atoms with Crippen LogP contribution in [0.3, 0.4) is 0 Å². The number of anilines is 2. The highest BCUT2D eigenvalue weighted by Gasteiger charge is 2.11. The van der Waals surface area contributed by atoms with Crippen molar-refractivity contribution in [2.24, 2.45) is 0 Å². The summed E-state index contributed by atoms with van der Waals surface area (Å²) in [5.41, 5.74) is 3.72. The van der Waals surface area contributed by atoms with Crippen molar-refractivity contribution in [3.63, 3.8) is 0 Å². The van der Waals surface area contributed by atoms with E-state index in [1.165, 1.54) is 0 Å². The Kier molecular flexibility index (Phi) is 6.15. The van der Waals surface area contributed by atoms with Crippen LogP contribution in [0.1, 0.15) is 34.3 Å². The molecule has 0 aliphatic carbocycles. The van der Waals surface area contributed by atoms with Crippen molar-refractivity contribution in [2.45, 2.75) is 26.7 Å². The van der Waals surface area contributed by atoms with Crippen LogP contribution in [0.15, 0.2) is 42.5 Å². The average molecular weight is 374 g/mol. The van der Waals surface area contributed by atoms with Crippen molar-refractivity contribution in [1.29, 1.82) is 0 Å². The van der Waals surface area contributed by atoms with E-state index in [0.717, 1.165) is 17.4 Å². The average Bonchev–Trinajstić information content (AvgIpc) is 2.55. The lowest BCUT2D eigenvalue weighted by molar-refractivity contribution is -0.116. The summed E-state index contributed by atoms with van der Waals surface area (Å²) in [6, 6.07) is 11.8. The predicted molar refractivity (Wildman–Crippen MR) is 103 cm³/mol. The van der Waals surface area contributed by atoms with E-state index in [1.807, 2.05) is 26.0 Å². The molecule has 0 fully saturated rings. The lowest BCUT2D eigenvalue weighted by Crippen LogP contribution is -2.14. The highest BCUT2D eigenvalue weighted by atomic mass is 32.2. The van der Waals surface area contributed by atoms with E-state index in [9.17, 15) is 18.0 Å².